The van der Waals surface area contributed by atoms with Crippen molar-refractivity contribution in [3.63, 3.8) is 0 Å². The lowest BCUT2D eigenvalue weighted by atomic mass is 9.86. The van der Waals surface area contributed by atoms with Crippen LogP contribution in [0.2, 0.25) is 0 Å². The number of hydrogen-bond acceptors (Lipinski definition) is 6. The molecular weight excluding hydrogens is 837 g/mol. The summed E-state index contributed by atoms with van der Waals surface area (Å²) in [6.45, 7) is 19.5. The van der Waals surface area contributed by atoms with Gasteiger partial charge in [0.2, 0.25) is 11.8 Å². The minimum Gasteiger partial charge on any atom is -0.393 e. The van der Waals surface area contributed by atoms with E-state index in [0.717, 1.165) is 59.6 Å². The van der Waals surface area contributed by atoms with Crippen LogP contribution in [0, 0.1) is 11.8 Å². The van der Waals surface area contributed by atoms with Crippen LogP contribution in [0.4, 0.5) is 17.6 Å². The van der Waals surface area contributed by atoms with Crippen LogP contribution >= 0.6 is 0 Å². The van der Waals surface area contributed by atoms with Crippen molar-refractivity contribution in [3.05, 3.63) is 59.2 Å². The molecule has 2 aromatic carbocycles. The van der Waals surface area contributed by atoms with E-state index in [0.29, 0.717) is 88.9 Å². The van der Waals surface area contributed by atoms with Crippen molar-refractivity contribution < 1.29 is 37.0 Å². The smallest absolute Gasteiger partial charge is 0.253 e. The van der Waals surface area contributed by atoms with Gasteiger partial charge in [-0.1, -0.05) is 48.5 Å². The van der Waals surface area contributed by atoms with Gasteiger partial charge in [0.05, 0.1) is 34.3 Å². The number of aliphatic hydroxyl groups excluding tert-OH is 1. The molecule has 2 amide bonds. The number of rotatable bonds is 9. The minimum absolute atomic E-state index is 0.0322. The first-order valence-corrected chi connectivity index (χ1v) is 24.3. The van der Waals surface area contributed by atoms with Gasteiger partial charge in [-0.05, 0) is 106 Å². The van der Waals surface area contributed by atoms with Crippen LogP contribution in [0.5, 0.6) is 0 Å². The van der Waals surface area contributed by atoms with E-state index in [-0.39, 0.29) is 72.4 Å². The molecule has 4 heterocycles. The summed E-state index contributed by atoms with van der Waals surface area (Å²) in [6, 6.07) is 11.4. The van der Waals surface area contributed by atoms with Gasteiger partial charge in [-0.3, -0.25) is 9.59 Å². The Morgan fingerprint density at radius 2 is 1.03 bits per heavy atom. The first-order chi connectivity index (χ1) is 30.6. The standard InChI is InChI=1S/C27H39F2N3O2.C24H33F2N3O2/c1-5-16-34-21-10-14-31(15-11-21)24(33)20-6-7-23-22(17-20)30-25(26(2,3)4)32(23)18-19-8-12-27(28,29)13-9-19;1-23(2,3)22-27-19-14-17(21(31)28-12-8-18(30)9-13-28)4-5-20(19)29(22)15-16-6-10-24(25,26)11-7-16/h6-7,17,19,21H,5,8-16,18H2,1-4H3;4-5,14,16,18,30H,6-13,15H2,1-3H3. The Hall–Kier alpha value is -4.04. The molecule has 0 atom stereocenters. The third-order valence-electron chi connectivity index (χ3n) is 13.9. The average Bonchev–Trinajstić information content (AvgIpc) is 3.82. The lowest BCUT2D eigenvalue weighted by Gasteiger charge is -2.32. The predicted octanol–water partition coefficient (Wildman–Crippen LogP) is 10.9. The van der Waals surface area contributed by atoms with Gasteiger partial charge in [0.15, 0.2) is 0 Å². The summed E-state index contributed by atoms with van der Waals surface area (Å²) in [5, 5.41) is 9.70. The summed E-state index contributed by atoms with van der Waals surface area (Å²) in [4.78, 5) is 39.7. The molecule has 0 spiro atoms. The molecule has 0 unspecified atom stereocenters. The first-order valence-electron chi connectivity index (χ1n) is 24.3. The van der Waals surface area contributed by atoms with E-state index in [1.165, 1.54) is 0 Å². The maximum Gasteiger partial charge on any atom is 0.253 e. The molecule has 4 fully saturated rings. The van der Waals surface area contributed by atoms with Crippen LogP contribution in [0.1, 0.15) is 164 Å². The van der Waals surface area contributed by atoms with E-state index < -0.39 is 11.8 Å². The number of fused-ring (bicyclic) bond motifs is 2. The zero-order valence-corrected chi connectivity index (χ0v) is 39.8. The number of aromatic nitrogens is 4. The summed E-state index contributed by atoms with van der Waals surface area (Å²) in [5.74, 6) is -2.75. The van der Waals surface area contributed by atoms with Gasteiger partial charge < -0.3 is 28.8 Å². The summed E-state index contributed by atoms with van der Waals surface area (Å²) < 4.78 is 64.8. The number of ether oxygens (including phenoxy) is 1. The lowest BCUT2D eigenvalue weighted by molar-refractivity contribution is -0.0478. The molecule has 2 saturated carbocycles. The Morgan fingerprint density at radius 3 is 1.40 bits per heavy atom. The molecule has 1 N–H and O–H groups in total. The molecule has 4 aliphatic rings. The van der Waals surface area contributed by atoms with Crippen molar-refractivity contribution >= 4 is 33.9 Å². The number of aliphatic hydroxyl groups is 1. The molecule has 358 valence electrons. The zero-order valence-electron chi connectivity index (χ0n) is 39.8. The number of imidazole rings is 2. The van der Waals surface area contributed by atoms with Crippen molar-refractivity contribution in [3.8, 4) is 0 Å². The van der Waals surface area contributed by atoms with E-state index >= 15 is 0 Å². The molecular formula is C51H72F4N6O4. The largest absolute Gasteiger partial charge is 0.393 e. The maximum atomic E-state index is 13.7. The zero-order chi connectivity index (χ0) is 46.9. The van der Waals surface area contributed by atoms with Gasteiger partial charge in [0.25, 0.3) is 11.8 Å². The quantitative estimate of drug-likeness (QED) is 0.168. The number of amides is 2. The number of carbonyl (C=O) groups is 2. The number of carbonyl (C=O) groups excluding carboxylic acids is 2. The fourth-order valence-electron chi connectivity index (χ4n) is 10.1. The van der Waals surface area contributed by atoms with Crippen LogP contribution in [0.25, 0.3) is 22.1 Å². The summed E-state index contributed by atoms with van der Waals surface area (Å²) >= 11 is 0. The van der Waals surface area contributed by atoms with Crippen LogP contribution < -0.4 is 0 Å². The van der Waals surface area contributed by atoms with Gasteiger partial charge in [-0.2, -0.15) is 0 Å². The maximum absolute atomic E-state index is 13.7. The van der Waals surface area contributed by atoms with Crippen LogP contribution in [0.3, 0.4) is 0 Å². The molecule has 65 heavy (non-hydrogen) atoms. The lowest BCUT2D eigenvalue weighted by Crippen LogP contribution is -2.41. The van der Waals surface area contributed by atoms with Gasteiger partial charge in [-0.15, -0.1) is 0 Å². The topological polar surface area (TPSA) is 106 Å². The van der Waals surface area contributed by atoms with Crippen LogP contribution in [0.15, 0.2) is 36.4 Å². The average molecular weight is 909 g/mol. The van der Waals surface area contributed by atoms with Crippen molar-refractivity contribution in [2.75, 3.05) is 32.8 Å². The Kier molecular flexibility index (Phi) is 14.8. The highest BCUT2D eigenvalue weighted by atomic mass is 19.3. The number of likely N-dealkylation sites (tertiary alicyclic amines) is 2. The van der Waals surface area contributed by atoms with Gasteiger partial charge in [0.1, 0.15) is 11.6 Å². The highest BCUT2D eigenvalue weighted by Gasteiger charge is 2.38. The second kappa shape index (κ2) is 19.7. The molecule has 4 aromatic rings. The summed E-state index contributed by atoms with van der Waals surface area (Å²) in [5.41, 5.74) is 4.37. The number of halogens is 4. The third-order valence-corrected chi connectivity index (χ3v) is 13.9. The van der Waals surface area contributed by atoms with Crippen molar-refractivity contribution in [1.29, 1.82) is 0 Å². The first kappa shape index (κ1) is 48.9. The molecule has 2 aromatic heterocycles. The number of hydrogen-bond donors (Lipinski definition) is 1. The molecule has 2 saturated heterocycles. The van der Waals surface area contributed by atoms with Gasteiger partial charge >= 0.3 is 0 Å². The Balaban J connectivity index is 0.000000195. The van der Waals surface area contributed by atoms with Crippen LogP contribution in [-0.2, 0) is 28.7 Å². The third kappa shape index (κ3) is 11.9. The number of piperidine rings is 2. The monoisotopic (exact) mass is 909 g/mol. The van der Waals surface area contributed by atoms with E-state index in [2.05, 4.69) is 57.6 Å². The van der Waals surface area contributed by atoms with Crippen molar-refractivity contribution in [1.82, 2.24) is 28.9 Å². The minimum atomic E-state index is -2.53. The summed E-state index contributed by atoms with van der Waals surface area (Å²) in [6.07, 6.45) is 5.85. The fraction of sp³-hybridized carbons (Fsp3) is 0.686. The van der Waals surface area contributed by atoms with E-state index in [1.807, 2.05) is 41.3 Å². The van der Waals surface area contributed by atoms with E-state index in [4.69, 9.17) is 14.7 Å². The van der Waals surface area contributed by atoms with Crippen molar-refractivity contribution in [2.24, 2.45) is 11.8 Å². The molecule has 0 bridgehead atoms. The normalized spacial score (nSPS) is 20.6. The molecule has 10 nitrogen and oxygen atoms in total. The van der Waals surface area contributed by atoms with Crippen LogP contribution in [-0.4, -0.2) is 103 Å². The van der Waals surface area contributed by atoms with Gasteiger partial charge in [-0.25, -0.2) is 27.5 Å². The van der Waals surface area contributed by atoms with Gasteiger partial charge in [0, 0.05) is 93.5 Å². The molecule has 2 aliphatic heterocycles. The number of alkyl halides is 4. The Labute approximate surface area is 382 Å². The highest BCUT2D eigenvalue weighted by Crippen LogP contribution is 2.40. The predicted molar refractivity (Wildman–Crippen MR) is 247 cm³/mol. The highest BCUT2D eigenvalue weighted by molar-refractivity contribution is 5.98. The Morgan fingerprint density at radius 1 is 0.646 bits per heavy atom. The van der Waals surface area contributed by atoms with E-state index in [9.17, 15) is 32.3 Å². The molecule has 8 rings (SSSR count). The Bertz CT molecular complexity index is 2260. The fourth-order valence-corrected chi connectivity index (χ4v) is 10.1. The molecule has 0 radical (unpaired) electrons. The second-order valence-electron chi connectivity index (χ2n) is 21.5. The number of nitrogens with zero attached hydrogens (tertiary/aromatic N) is 6. The second-order valence-corrected chi connectivity index (χ2v) is 21.5. The molecule has 2 aliphatic carbocycles. The van der Waals surface area contributed by atoms with Crippen molar-refractivity contribution in [2.45, 2.75) is 180 Å². The summed E-state index contributed by atoms with van der Waals surface area (Å²) in [7, 11) is 0. The SMILES string of the molecule is CC(C)(C)c1nc2cc(C(=O)N3CCC(O)CC3)ccc2n1CC1CCC(F)(F)CC1.CCCOC1CCN(C(=O)c2ccc3c(c2)nc(C(C)(C)C)n3CC2CCC(F)(F)CC2)CC1. The molecule has 14 heteroatoms. The number of benzene rings is 2. The van der Waals surface area contributed by atoms with E-state index in [1.54, 1.807) is 4.90 Å².